The highest BCUT2D eigenvalue weighted by Gasteiger charge is 2.25. The molecule has 0 fully saturated rings. The first-order valence-corrected chi connectivity index (χ1v) is 12.0. The highest BCUT2D eigenvalue weighted by molar-refractivity contribution is 5.98. The minimum absolute atomic E-state index is 0.125. The van der Waals surface area contributed by atoms with Gasteiger partial charge < -0.3 is 20.1 Å². The SMILES string of the molecule is Cc1cc(Nc2cc(Nc3cccc4c3N(C)Cc3c-4cnn3C)c3c(=O)n(C)ccc3n2)nc(C)n1. The van der Waals surface area contributed by atoms with Crippen molar-refractivity contribution in [2.75, 3.05) is 22.6 Å². The van der Waals surface area contributed by atoms with E-state index in [2.05, 4.69) is 43.7 Å². The molecule has 0 saturated carbocycles. The maximum Gasteiger partial charge on any atom is 0.261 e. The molecule has 0 atom stereocenters. The van der Waals surface area contributed by atoms with Crippen LogP contribution in [-0.2, 0) is 20.6 Å². The first-order chi connectivity index (χ1) is 17.8. The third kappa shape index (κ3) is 3.86. The highest BCUT2D eigenvalue weighted by atomic mass is 16.1. The number of fused-ring (bicyclic) bond motifs is 4. The van der Waals surface area contributed by atoms with Crippen LogP contribution >= 0.6 is 0 Å². The number of hydrogen-bond acceptors (Lipinski definition) is 8. The van der Waals surface area contributed by atoms with Crippen molar-refractivity contribution in [3.63, 3.8) is 0 Å². The average Bonchev–Trinajstić information content (AvgIpc) is 3.21. The normalized spacial score (nSPS) is 12.4. The Hall–Kier alpha value is -4.73. The minimum atomic E-state index is -0.125. The van der Waals surface area contributed by atoms with Crippen LogP contribution in [-0.4, -0.2) is 36.3 Å². The molecule has 0 saturated heterocycles. The first-order valence-electron chi connectivity index (χ1n) is 12.0. The van der Waals surface area contributed by atoms with Crippen LogP contribution in [0.25, 0.3) is 22.0 Å². The molecule has 186 valence electrons. The Balaban J connectivity index is 1.50. The van der Waals surface area contributed by atoms with Gasteiger partial charge in [0.25, 0.3) is 5.56 Å². The monoisotopic (exact) mass is 493 g/mol. The van der Waals surface area contributed by atoms with Gasteiger partial charge in [-0.3, -0.25) is 9.48 Å². The van der Waals surface area contributed by atoms with Gasteiger partial charge in [-0.05, 0) is 26.0 Å². The fourth-order valence-electron chi connectivity index (χ4n) is 5.01. The van der Waals surface area contributed by atoms with Gasteiger partial charge in [0.05, 0.1) is 46.4 Å². The van der Waals surface area contributed by atoms with E-state index in [4.69, 9.17) is 4.98 Å². The van der Waals surface area contributed by atoms with Crippen LogP contribution in [0, 0.1) is 13.8 Å². The Morgan fingerprint density at radius 3 is 2.51 bits per heavy atom. The van der Waals surface area contributed by atoms with E-state index in [1.165, 1.54) is 0 Å². The second-order valence-electron chi connectivity index (χ2n) is 9.43. The molecule has 1 aliphatic rings. The second-order valence-corrected chi connectivity index (χ2v) is 9.43. The largest absolute Gasteiger partial charge is 0.366 e. The van der Waals surface area contributed by atoms with Crippen molar-refractivity contribution in [2.24, 2.45) is 14.1 Å². The number of benzene rings is 1. The van der Waals surface area contributed by atoms with E-state index >= 15 is 0 Å². The van der Waals surface area contributed by atoms with Crippen LogP contribution in [0.2, 0.25) is 0 Å². The molecule has 5 heterocycles. The molecule has 10 heteroatoms. The van der Waals surface area contributed by atoms with E-state index in [1.807, 2.05) is 62.1 Å². The smallest absolute Gasteiger partial charge is 0.261 e. The summed E-state index contributed by atoms with van der Waals surface area (Å²) in [5.74, 6) is 1.89. The zero-order valence-electron chi connectivity index (χ0n) is 21.4. The quantitative estimate of drug-likeness (QED) is 0.384. The Bertz CT molecular complexity index is 1730. The molecule has 5 aromatic rings. The number of aromatic nitrogens is 6. The van der Waals surface area contributed by atoms with Crippen molar-refractivity contribution in [2.45, 2.75) is 20.4 Å². The van der Waals surface area contributed by atoms with Crippen LogP contribution in [0.4, 0.5) is 28.7 Å². The van der Waals surface area contributed by atoms with Gasteiger partial charge in [0.15, 0.2) is 0 Å². The summed E-state index contributed by atoms with van der Waals surface area (Å²) in [7, 11) is 5.77. The van der Waals surface area contributed by atoms with E-state index in [0.717, 1.165) is 40.4 Å². The lowest BCUT2D eigenvalue weighted by Crippen LogP contribution is -2.24. The van der Waals surface area contributed by atoms with Gasteiger partial charge in [-0.15, -0.1) is 0 Å². The topological polar surface area (TPSA) is 106 Å². The van der Waals surface area contributed by atoms with Crippen LogP contribution in [0.1, 0.15) is 17.2 Å². The van der Waals surface area contributed by atoms with E-state index in [-0.39, 0.29) is 5.56 Å². The number of anilines is 5. The molecule has 0 bridgehead atoms. The van der Waals surface area contributed by atoms with Crippen LogP contribution in [0.15, 0.2) is 53.6 Å². The summed E-state index contributed by atoms with van der Waals surface area (Å²) >= 11 is 0. The molecule has 1 aromatic carbocycles. The van der Waals surface area contributed by atoms with Crippen molar-refractivity contribution in [1.29, 1.82) is 0 Å². The predicted molar refractivity (Wildman–Crippen MR) is 146 cm³/mol. The van der Waals surface area contributed by atoms with Crippen molar-refractivity contribution >= 4 is 39.6 Å². The van der Waals surface area contributed by atoms with E-state index in [9.17, 15) is 4.79 Å². The fourth-order valence-corrected chi connectivity index (χ4v) is 5.01. The van der Waals surface area contributed by atoms with Crippen molar-refractivity contribution in [3.8, 4) is 11.1 Å². The van der Waals surface area contributed by atoms with Crippen molar-refractivity contribution in [3.05, 3.63) is 76.4 Å². The molecule has 0 radical (unpaired) electrons. The molecule has 10 nitrogen and oxygen atoms in total. The number of hydrogen-bond donors (Lipinski definition) is 2. The Labute approximate surface area is 213 Å². The third-order valence-electron chi connectivity index (χ3n) is 6.69. The summed E-state index contributed by atoms with van der Waals surface area (Å²) in [5.41, 5.74) is 7.31. The molecule has 2 N–H and O–H groups in total. The van der Waals surface area contributed by atoms with E-state index < -0.39 is 0 Å². The number of para-hydroxylation sites is 1. The molecule has 0 aliphatic carbocycles. The van der Waals surface area contributed by atoms with Gasteiger partial charge in [0.2, 0.25) is 0 Å². The standard InChI is InChI=1S/C27H27N9O/c1-15-11-23(30-16(2)29-15)33-24-12-21(25-19(32-24)9-10-34(3)27(25)37)31-20-8-6-7-17-18-13-28-36(5)22(18)14-35(4)26(17)20/h6-13H,14H2,1-5H3,(H2,29,30,31,32,33). The Morgan fingerprint density at radius 2 is 1.70 bits per heavy atom. The molecule has 0 amide bonds. The molecule has 1 aliphatic heterocycles. The van der Waals surface area contributed by atoms with Gasteiger partial charge in [0, 0.05) is 56.3 Å². The predicted octanol–water partition coefficient (Wildman–Crippen LogP) is 4.18. The van der Waals surface area contributed by atoms with Crippen LogP contribution < -0.4 is 21.1 Å². The highest BCUT2D eigenvalue weighted by Crippen LogP contribution is 2.44. The fraction of sp³-hybridized carbons (Fsp3) is 0.222. The first kappa shape index (κ1) is 22.7. The zero-order valence-corrected chi connectivity index (χ0v) is 21.4. The summed E-state index contributed by atoms with van der Waals surface area (Å²) in [6.45, 7) is 4.51. The van der Waals surface area contributed by atoms with E-state index in [1.54, 1.807) is 17.8 Å². The zero-order chi connectivity index (χ0) is 25.8. The van der Waals surface area contributed by atoms with Gasteiger partial charge in [0.1, 0.15) is 17.5 Å². The molecule has 37 heavy (non-hydrogen) atoms. The minimum Gasteiger partial charge on any atom is -0.366 e. The number of nitrogens with one attached hydrogen (secondary N) is 2. The van der Waals surface area contributed by atoms with Gasteiger partial charge in [-0.2, -0.15) is 5.10 Å². The lowest BCUT2D eigenvalue weighted by Gasteiger charge is -2.30. The lowest BCUT2D eigenvalue weighted by molar-refractivity contribution is 0.697. The summed E-state index contributed by atoms with van der Waals surface area (Å²) in [4.78, 5) is 29.0. The summed E-state index contributed by atoms with van der Waals surface area (Å²) in [6.07, 6.45) is 3.64. The Kier molecular flexibility index (Phi) is 5.18. The third-order valence-corrected chi connectivity index (χ3v) is 6.69. The number of aryl methyl sites for hydroxylation is 4. The Morgan fingerprint density at radius 1 is 0.892 bits per heavy atom. The van der Waals surface area contributed by atoms with Gasteiger partial charge >= 0.3 is 0 Å². The summed E-state index contributed by atoms with van der Waals surface area (Å²) in [5, 5.41) is 11.8. The van der Waals surface area contributed by atoms with Gasteiger partial charge in [-0.25, -0.2) is 15.0 Å². The van der Waals surface area contributed by atoms with Crippen LogP contribution in [0.5, 0.6) is 0 Å². The molecular weight excluding hydrogens is 466 g/mol. The number of pyridine rings is 2. The molecule has 6 rings (SSSR count). The second kappa shape index (κ2) is 8.44. The molecule has 4 aromatic heterocycles. The van der Waals surface area contributed by atoms with Crippen LogP contribution in [0.3, 0.4) is 0 Å². The van der Waals surface area contributed by atoms with E-state index in [0.29, 0.717) is 34.1 Å². The van der Waals surface area contributed by atoms with Gasteiger partial charge in [-0.1, -0.05) is 12.1 Å². The van der Waals surface area contributed by atoms with Crippen molar-refractivity contribution < 1.29 is 0 Å². The summed E-state index contributed by atoms with van der Waals surface area (Å²) in [6, 6.07) is 11.7. The molecular formula is C27H27N9O. The average molecular weight is 494 g/mol. The number of rotatable bonds is 4. The maximum absolute atomic E-state index is 13.2. The lowest BCUT2D eigenvalue weighted by atomic mass is 9.98. The maximum atomic E-state index is 13.2. The van der Waals surface area contributed by atoms with Crippen molar-refractivity contribution in [1.82, 2.24) is 29.3 Å². The summed E-state index contributed by atoms with van der Waals surface area (Å²) < 4.78 is 3.48. The molecule has 0 unspecified atom stereocenters. The molecule has 0 spiro atoms. The number of nitrogens with zero attached hydrogens (tertiary/aromatic N) is 7.